The number of hydrogen-bond donors (Lipinski definition) is 0. The zero-order valence-electron chi connectivity index (χ0n) is 16.2. The molecule has 162 valence electrons. The number of para-hydroxylation sites is 1. The van der Waals surface area contributed by atoms with Gasteiger partial charge in [-0.05, 0) is 29.2 Å². The third-order valence-corrected chi connectivity index (χ3v) is 6.57. The van der Waals surface area contributed by atoms with Crippen molar-refractivity contribution >= 4 is 10.8 Å². The molecule has 1 unspecified atom stereocenters. The molecule has 0 radical (unpaired) electrons. The number of halogens is 5. The third kappa shape index (κ3) is 2.97. The monoisotopic (exact) mass is 462 g/mol. The molecule has 1 aliphatic heterocycles. The molecule has 0 saturated heterocycles. The minimum absolute atomic E-state index is 0.0220. The summed E-state index contributed by atoms with van der Waals surface area (Å²) in [4.78, 5) is 4.84. The molecule has 3 aromatic carbocycles. The van der Waals surface area contributed by atoms with E-state index in [9.17, 15) is 26.2 Å². The Bertz CT molecular complexity index is 1380. The highest BCUT2D eigenvalue weighted by Gasteiger charge is 2.39. The Kier molecular flexibility index (Phi) is 4.89. The normalized spacial score (nSPS) is 15.2. The smallest absolute Gasteiger partial charge is 0.254 e. The predicted molar refractivity (Wildman–Crippen MR) is 105 cm³/mol. The molecule has 32 heavy (non-hydrogen) atoms. The zero-order valence-corrected chi connectivity index (χ0v) is 17.0. The van der Waals surface area contributed by atoms with Gasteiger partial charge in [-0.15, -0.1) is 9.36 Å². The molecule has 0 N–H and O–H groups in total. The standard InChI is InChI=1S/C22H13F5N3OS/c23-16-17(24)19(26)21(20(27)18(16)25)30-22(12-6-2-1-3-7-12)28-15-10-11-32(31)14-9-5-4-8-13(14)29(15)30/h1-9H,10-11H2/q+1. The van der Waals surface area contributed by atoms with E-state index in [-0.39, 0.29) is 29.5 Å². The molecule has 0 aliphatic carbocycles. The molecule has 1 atom stereocenters. The van der Waals surface area contributed by atoms with Crippen LogP contribution in [0.2, 0.25) is 0 Å². The van der Waals surface area contributed by atoms with Crippen LogP contribution < -0.4 is 4.68 Å². The molecule has 0 bridgehead atoms. The highest BCUT2D eigenvalue weighted by atomic mass is 32.2. The molecule has 1 aliphatic rings. The van der Waals surface area contributed by atoms with Crippen LogP contribution in [0.3, 0.4) is 0 Å². The van der Waals surface area contributed by atoms with E-state index in [1.54, 1.807) is 54.6 Å². The summed E-state index contributed by atoms with van der Waals surface area (Å²) in [7, 11) is -1.45. The van der Waals surface area contributed by atoms with E-state index in [1.807, 2.05) is 0 Å². The summed E-state index contributed by atoms with van der Waals surface area (Å²) >= 11 is 0. The number of aryl methyl sites for hydroxylation is 1. The summed E-state index contributed by atoms with van der Waals surface area (Å²) in [5.74, 6) is -9.93. The SMILES string of the molecule is O=S1CCc2nc(-c3ccccc3)[n+](-c3c(F)c(F)c(F)c(F)c3F)n2-c2ccccc21. The molecular formula is C22H13F5N3OS+. The minimum Gasteiger partial charge on any atom is -0.254 e. The molecule has 10 heteroatoms. The van der Waals surface area contributed by atoms with Crippen molar-refractivity contribution in [3.8, 4) is 22.8 Å². The van der Waals surface area contributed by atoms with Gasteiger partial charge in [0.05, 0.1) is 21.3 Å². The number of hydrogen-bond acceptors (Lipinski definition) is 2. The van der Waals surface area contributed by atoms with Gasteiger partial charge in [0, 0.05) is 12.2 Å². The summed E-state index contributed by atoms with van der Waals surface area (Å²) in [6.07, 6.45) is 0.156. The molecule has 0 spiro atoms. The maximum absolute atomic E-state index is 14.9. The average Bonchev–Trinajstić information content (AvgIpc) is 3.13. The summed E-state index contributed by atoms with van der Waals surface area (Å²) in [5, 5.41) is 0. The number of nitrogens with zero attached hydrogens (tertiary/aromatic N) is 3. The lowest BCUT2D eigenvalue weighted by atomic mass is 10.2. The van der Waals surface area contributed by atoms with Crippen LogP contribution in [0, 0.1) is 29.1 Å². The van der Waals surface area contributed by atoms with Gasteiger partial charge in [-0.1, -0.05) is 30.3 Å². The Hall–Kier alpha value is -3.40. The van der Waals surface area contributed by atoms with Gasteiger partial charge in [0.15, 0.2) is 0 Å². The van der Waals surface area contributed by atoms with Gasteiger partial charge in [0.2, 0.25) is 34.8 Å². The fourth-order valence-corrected chi connectivity index (χ4v) is 4.92. The van der Waals surface area contributed by atoms with Crippen molar-refractivity contribution in [2.75, 3.05) is 5.75 Å². The number of rotatable bonds is 2. The summed E-state index contributed by atoms with van der Waals surface area (Å²) in [5.41, 5.74) is -0.492. The highest BCUT2D eigenvalue weighted by Crippen LogP contribution is 2.29. The lowest BCUT2D eigenvalue weighted by Gasteiger charge is -2.12. The van der Waals surface area contributed by atoms with Gasteiger partial charge in [-0.2, -0.15) is 8.78 Å². The van der Waals surface area contributed by atoms with Crippen molar-refractivity contribution in [2.24, 2.45) is 0 Å². The van der Waals surface area contributed by atoms with Crippen LogP contribution in [-0.2, 0) is 17.2 Å². The summed E-state index contributed by atoms with van der Waals surface area (Å²) in [6, 6.07) is 14.7. The van der Waals surface area contributed by atoms with Gasteiger partial charge < -0.3 is 0 Å². The van der Waals surface area contributed by atoms with Crippen LogP contribution >= 0.6 is 0 Å². The van der Waals surface area contributed by atoms with E-state index < -0.39 is 45.6 Å². The Labute approximate surface area is 181 Å². The zero-order chi connectivity index (χ0) is 22.6. The first-order valence-electron chi connectivity index (χ1n) is 9.49. The number of fused-ring (bicyclic) bond motifs is 3. The molecule has 2 heterocycles. The second-order valence-electron chi connectivity index (χ2n) is 7.03. The number of aromatic nitrogens is 3. The van der Waals surface area contributed by atoms with Crippen LogP contribution in [0.5, 0.6) is 0 Å². The van der Waals surface area contributed by atoms with E-state index in [1.165, 1.54) is 4.68 Å². The van der Waals surface area contributed by atoms with E-state index in [0.717, 1.165) is 4.68 Å². The second kappa shape index (κ2) is 7.63. The second-order valence-corrected chi connectivity index (χ2v) is 8.57. The van der Waals surface area contributed by atoms with Crippen molar-refractivity contribution in [2.45, 2.75) is 11.3 Å². The van der Waals surface area contributed by atoms with Crippen LogP contribution in [0.15, 0.2) is 59.5 Å². The molecule has 0 amide bonds. The lowest BCUT2D eigenvalue weighted by Crippen LogP contribution is -2.45. The minimum atomic E-state index is -2.25. The topological polar surface area (TPSA) is 38.8 Å². The molecule has 5 rings (SSSR count). The van der Waals surface area contributed by atoms with Gasteiger partial charge in [0.1, 0.15) is 5.69 Å². The van der Waals surface area contributed by atoms with Gasteiger partial charge in [0.25, 0.3) is 5.82 Å². The van der Waals surface area contributed by atoms with E-state index in [0.29, 0.717) is 10.5 Å². The van der Waals surface area contributed by atoms with Crippen LogP contribution in [0.25, 0.3) is 22.8 Å². The average molecular weight is 462 g/mol. The number of benzene rings is 3. The largest absolute Gasteiger partial charge is 0.357 e. The Morgan fingerprint density at radius 3 is 2.09 bits per heavy atom. The molecule has 0 fully saturated rings. The predicted octanol–water partition coefficient (Wildman–Crippen LogP) is 4.18. The highest BCUT2D eigenvalue weighted by molar-refractivity contribution is 7.85. The van der Waals surface area contributed by atoms with Crippen LogP contribution in [0.4, 0.5) is 22.0 Å². The Morgan fingerprint density at radius 1 is 0.812 bits per heavy atom. The van der Waals surface area contributed by atoms with E-state index in [2.05, 4.69) is 4.98 Å². The molecule has 0 saturated carbocycles. The Balaban J connectivity index is 1.96. The molecule has 4 nitrogen and oxygen atoms in total. The molecular weight excluding hydrogens is 449 g/mol. The summed E-state index contributed by atoms with van der Waals surface area (Å²) < 4.78 is 86.8. The van der Waals surface area contributed by atoms with Crippen LogP contribution in [-0.4, -0.2) is 19.6 Å². The first-order chi connectivity index (χ1) is 15.4. The van der Waals surface area contributed by atoms with Crippen molar-refractivity contribution in [3.05, 3.63) is 89.5 Å². The molecule has 4 aromatic rings. The van der Waals surface area contributed by atoms with Gasteiger partial charge >= 0.3 is 5.82 Å². The van der Waals surface area contributed by atoms with E-state index in [4.69, 9.17) is 0 Å². The fraction of sp³-hybridized carbons (Fsp3) is 0.0909. The third-order valence-electron chi connectivity index (χ3n) is 5.16. The fourth-order valence-electron chi connectivity index (χ4n) is 3.71. The maximum atomic E-state index is 14.9. The Morgan fingerprint density at radius 2 is 1.41 bits per heavy atom. The van der Waals surface area contributed by atoms with Gasteiger partial charge in [-0.25, -0.2) is 13.2 Å². The van der Waals surface area contributed by atoms with Crippen molar-refractivity contribution in [1.29, 1.82) is 0 Å². The lowest BCUT2D eigenvalue weighted by molar-refractivity contribution is -0.669. The quantitative estimate of drug-likeness (QED) is 0.194. The van der Waals surface area contributed by atoms with E-state index >= 15 is 0 Å². The van der Waals surface area contributed by atoms with Crippen molar-refractivity contribution < 1.29 is 30.8 Å². The van der Waals surface area contributed by atoms with Crippen molar-refractivity contribution in [3.63, 3.8) is 0 Å². The first kappa shape index (κ1) is 20.5. The van der Waals surface area contributed by atoms with Crippen molar-refractivity contribution in [1.82, 2.24) is 9.67 Å². The van der Waals surface area contributed by atoms with Gasteiger partial charge in [-0.3, -0.25) is 4.21 Å². The molecule has 1 aromatic heterocycles. The summed E-state index contributed by atoms with van der Waals surface area (Å²) in [6.45, 7) is 0. The van der Waals surface area contributed by atoms with Crippen LogP contribution in [0.1, 0.15) is 5.82 Å². The first-order valence-corrected chi connectivity index (χ1v) is 10.8. The maximum Gasteiger partial charge on any atom is 0.357 e.